The molecule has 0 unspecified atom stereocenters. The topological polar surface area (TPSA) is 81.1 Å². The van der Waals surface area contributed by atoms with E-state index in [4.69, 9.17) is 4.74 Å². The third kappa shape index (κ3) is 4.00. The number of anilines is 1. The van der Waals surface area contributed by atoms with Crippen molar-refractivity contribution < 1.29 is 9.53 Å². The summed E-state index contributed by atoms with van der Waals surface area (Å²) in [4.78, 5) is 13.3. The second-order valence-corrected chi connectivity index (χ2v) is 8.43. The van der Waals surface area contributed by atoms with Gasteiger partial charge in [0.15, 0.2) is 0 Å². The Morgan fingerprint density at radius 3 is 2.63 bits per heavy atom. The number of aromatic nitrogens is 3. The lowest BCUT2D eigenvalue weighted by Crippen LogP contribution is -2.41. The molecule has 0 bridgehead atoms. The molecule has 0 spiro atoms. The Morgan fingerprint density at radius 2 is 1.93 bits per heavy atom. The first kappa shape index (κ1) is 20.3. The molecule has 1 aromatic heterocycles. The van der Waals surface area contributed by atoms with Gasteiger partial charge in [0.05, 0.1) is 12.6 Å². The third-order valence-corrected chi connectivity index (χ3v) is 6.26. The number of carbonyl (C=O) groups is 1. The molecule has 156 valence electrons. The number of amides is 1. The van der Waals surface area contributed by atoms with E-state index in [9.17, 15) is 4.79 Å². The zero-order valence-electron chi connectivity index (χ0n) is 17.5. The minimum absolute atomic E-state index is 0.0785. The van der Waals surface area contributed by atoms with Crippen LogP contribution in [0.2, 0.25) is 0 Å². The predicted octanol–water partition coefficient (Wildman–Crippen LogP) is 4.00. The van der Waals surface area contributed by atoms with Crippen molar-refractivity contribution in [2.45, 2.75) is 44.1 Å². The number of fused-ring (bicyclic) bond motifs is 1. The lowest BCUT2D eigenvalue weighted by Gasteiger charge is -2.33. The lowest BCUT2D eigenvalue weighted by atomic mass is 10.0. The molecule has 0 saturated carbocycles. The van der Waals surface area contributed by atoms with Gasteiger partial charge in [-0.05, 0) is 57.0 Å². The Labute approximate surface area is 180 Å². The van der Waals surface area contributed by atoms with Gasteiger partial charge in [0.2, 0.25) is 11.1 Å². The zero-order chi connectivity index (χ0) is 21.3. The molecular formula is C22H25N5O2S. The largest absolute Gasteiger partial charge is 0.494 e. The fourth-order valence-electron chi connectivity index (χ4n) is 3.51. The SMILES string of the molecule is CCOc1ccc([C@H]2Nn3c(C)nnc3S[C@H]2C(=O)Nc2ccc(C)cc2C)cc1. The minimum atomic E-state index is -0.417. The number of ether oxygens (including phenoxy) is 1. The summed E-state index contributed by atoms with van der Waals surface area (Å²) in [5, 5.41) is 11.7. The van der Waals surface area contributed by atoms with Gasteiger partial charge in [0.25, 0.3) is 0 Å². The highest BCUT2D eigenvalue weighted by Gasteiger charge is 2.37. The van der Waals surface area contributed by atoms with Gasteiger partial charge < -0.3 is 15.5 Å². The van der Waals surface area contributed by atoms with E-state index in [-0.39, 0.29) is 11.9 Å². The maximum Gasteiger partial charge on any atom is 0.240 e. The first-order chi connectivity index (χ1) is 14.5. The van der Waals surface area contributed by atoms with E-state index in [0.29, 0.717) is 11.8 Å². The molecule has 2 heterocycles. The van der Waals surface area contributed by atoms with Crippen molar-refractivity contribution in [3.05, 3.63) is 65.0 Å². The molecule has 1 aliphatic heterocycles. The molecule has 1 amide bonds. The minimum Gasteiger partial charge on any atom is -0.494 e. The summed E-state index contributed by atoms with van der Waals surface area (Å²) >= 11 is 1.42. The normalized spacial score (nSPS) is 17.7. The summed E-state index contributed by atoms with van der Waals surface area (Å²) in [5.41, 5.74) is 7.43. The second kappa shape index (κ2) is 8.39. The van der Waals surface area contributed by atoms with Crippen LogP contribution in [0.25, 0.3) is 0 Å². The number of hydrogen-bond donors (Lipinski definition) is 2. The van der Waals surface area contributed by atoms with Gasteiger partial charge in [-0.2, -0.15) is 0 Å². The van der Waals surface area contributed by atoms with E-state index < -0.39 is 5.25 Å². The Bertz CT molecular complexity index is 1060. The summed E-state index contributed by atoms with van der Waals surface area (Å²) in [6.45, 7) is 8.49. The summed E-state index contributed by atoms with van der Waals surface area (Å²) in [5.74, 6) is 1.48. The molecule has 0 saturated heterocycles. The van der Waals surface area contributed by atoms with Crippen LogP contribution in [0, 0.1) is 20.8 Å². The van der Waals surface area contributed by atoms with Crippen LogP contribution >= 0.6 is 11.8 Å². The second-order valence-electron chi connectivity index (χ2n) is 7.32. The Balaban J connectivity index is 1.64. The summed E-state index contributed by atoms with van der Waals surface area (Å²) in [6.07, 6.45) is 0. The highest BCUT2D eigenvalue weighted by atomic mass is 32.2. The molecule has 4 rings (SSSR count). The number of benzene rings is 2. The summed E-state index contributed by atoms with van der Waals surface area (Å²) < 4.78 is 7.40. The molecule has 2 aromatic carbocycles. The van der Waals surface area contributed by atoms with Crippen LogP contribution in [0.4, 0.5) is 5.69 Å². The van der Waals surface area contributed by atoms with Crippen LogP contribution in [-0.4, -0.2) is 32.6 Å². The van der Waals surface area contributed by atoms with Crippen LogP contribution in [0.1, 0.15) is 35.5 Å². The fourth-order valence-corrected chi connectivity index (χ4v) is 4.63. The quantitative estimate of drug-likeness (QED) is 0.646. The lowest BCUT2D eigenvalue weighted by molar-refractivity contribution is -0.116. The van der Waals surface area contributed by atoms with Gasteiger partial charge >= 0.3 is 0 Å². The number of rotatable bonds is 5. The molecule has 8 heteroatoms. The van der Waals surface area contributed by atoms with E-state index in [2.05, 4.69) is 27.0 Å². The van der Waals surface area contributed by atoms with Crippen LogP contribution in [0.3, 0.4) is 0 Å². The number of hydrogen-bond acceptors (Lipinski definition) is 6. The van der Waals surface area contributed by atoms with Gasteiger partial charge in [-0.15, -0.1) is 10.2 Å². The van der Waals surface area contributed by atoms with Crippen molar-refractivity contribution in [1.29, 1.82) is 0 Å². The molecule has 7 nitrogen and oxygen atoms in total. The van der Waals surface area contributed by atoms with Gasteiger partial charge in [0.1, 0.15) is 16.8 Å². The van der Waals surface area contributed by atoms with Gasteiger partial charge in [-0.25, -0.2) is 4.68 Å². The average Bonchev–Trinajstić information content (AvgIpc) is 3.10. The highest BCUT2D eigenvalue weighted by molar-refractivity contribution is 8.00. The standard InChI is InChI=1S/C22H25N5O2S/c1-5-29-17-9-7-16(8-10-17)19-20(30-22-25-24-15(4)27(22)26-19)21(28)23-18-11-6-13(2)12-14(18)3/h6-12,19-20,26H,5H2,1-4H3,(H,23,28)/t19-,20-/m1/s1. The van der Waals surface area contributed by atoms with E-state index in [1.54, 1.807) is 0 Å². The Kier molecular flexibility index (Phi) is 5.67. The van der Waals surface area contributed by atoms with Crippen LogP contribution < -0.4 is 15.5 Å². The molecule has 2 atom stereocenters. The smallest absolute Gasteiger partial charge is 0.240 e. The Morgan fingerprint density at radius 1 is 1.17 bits per heavy atom. The Hall–Kier alpha value is -3.00. The number of thioether (sulfide) groups is 1. The van der Waals surface area contributed by atoms with E-state index in [1.807, 2.05) is 68.8 Å². The molecule has 1 aliphatic rings. The van der Waals surface area contributed by atoms with Gasteiger partial charge in [-0.1, -0.05) is 41.6 Å². The molecule has 0 aliphatic carbocycles. The molecule has 30 heavy (non-hydrogen) atoms. The third-order valence-electron chi connectivity index (χ3n) is 5.05. The van der Waals surface area contributed by atoms with Crippen molar-refractivity contribution >= 4 is 23.4 Å². The van der Waals surface area contributed by atoms with E-state index >= 15 is 0 Å². The number of nitrogens with one attached hydrogen (secondary N) is 2. The van der Waals surface area contributed by atoms with E-state index in [0.717, 1.165) is 34.0 Å². The molecule has 3 aromatic rings. The first-order valence-electron chi connectivity index (χ1n) is 9.92. The molecule has 2 N–H and O–H groups in total. The number of carbonyl (C=O) groups excluding carboxylic acids is 1. The molecule has 0 fully saturated rings. The fraction of sp³-hybridized carbons (Fsp3) is 0.318. The maximum absolute atomic E-state index is 13.3. The number of aryl methyl sites for hydroxylation is 3. The maximum atomic E-state index is 13.3. The van der Waals surface area contributed by atoms with Crippen LogP contribution in [0.5, 0.6) is 5.75 Å². The van der Waals surface area contributed by atoms with E-state index in [1.165, 1.54) is 11.8 Å². The summed E-state index contributed by atoms with van der Waals surface area (Å²) in [7, 11) is 0. The molecule has 0 radical (unpaired) electrons. The molecular weight excluding hydrogens is 398 g/mol. The predicted molar refractivity (Wildman–Crippen MR) is 119 cm³/mol. The monoisotopic (exact) mass is 423 g/mol. The average molecular weight is 424 g/mol. The zero-order valence-corrected chi connectivity index (χ0v) is 18.3. The van der Waals surface area contributed by atoms with Crippen molar-refractivity contribution in [3.63, 3.8) is 0 Å². The number of nitrogens with zero attached hydrogens (tertiary/aromatic N) is 3. The van der Waals surface area contributed by atoms with Gasteiger partial charge in [-0.3, -0.25) is 4.79 Å². The summed E-state index contributed by atoms with van der Waals surface area (Å²) in [6, 6.07) is 13.6. The van der Waals surface area contributed by atoms with Crippen molar-refractivity contribution in [2.75, 3.05) is 17.3 Å². The van der Waals surface area contributed by atoms with Gasteiger partial charge in [0, 0.05) is 5.69 Å². The van der Waals surface area contributed by atoms with Crippen LogP contribution in [0.15, 0.2) is 47.6 Å². The first-order valence-corrected chi connectivity index (χ1v) is 10.8. The van der Waals surface area contributed by atoms with Crippen LogP contribution in [-0.2, 0) is 4.79 Å². The highest BCUT2D eigenvalue weighted by Crippen LogP contribution is 2.38. The van der Waals surface area contributed by atoms with Crippen molar-refractivity contribution in [1.82, 2.24) is 14.9 Å². The van der Waals surface area contributed by atoms with Crippen molar-refractivity contribution in [3.8, 4) is 5.75 Å². The van der Waals surface area contributed by atoms with Crippen molar-refractivity contribution in [2.24, 2.45) is 0 Å².